The van der Waals surface area contributed by atoms with Crippen LogP contribution in [0, 0.1) is 0 Å². The number of esters is 1. The minimum absolute atomic E-state index is 0.0240. The minimum Gasteiger partial charge on any atom is -0.461 e. The van der Waals surface area contributed by atoms with Crippen molar-refractivity contribution in [2.45, 2.75) is 40.0 Å². The van der Waals surface area contributed by atoms with Gasteiger partial charge in [0.1, 0.15) is 12.1 Å². The summed E-state index contributed by atoms with van der Waals surface area (Å²) in [6.45, 7) is 11.4. The molecule has 29 heavy (non-hydrogen) atoms. The highest BCUT2D eigenvalue weighted by atomic mass is 35.5. The van der Waals surface area contributed by atoms with Crippen molar-refractivity contribution in [1.82, 2.24) is 9.55 Å². The van der Waals surface area contributed by atoms with Crippen LogP contribution in [0.5, 0.6) is 0 Å². The van der Waals surface area contributed by atoms with Crippen molar-refractivity contribution >= 4 is 35.5 Å². The monoisotopic (exact) mass is 436 g/mol. The highest BCUT2D eigenvalue weighted by Gasteiger charge is 2.26. The molecule has 5 nitrogen and oxygen atoms in total. The Morgan fingerprint density at radius 3 is 2.48 bits per heavy atom. The van der Waals surface area contributed by atoms with Gasteiger partial charge in [-0.1, -0.05) is 54.4 Å². The summed E-state index contributed by atoms with van der Waals surface area (Å²) in [5.41, 5.74) is 1.25. The lowest BCUT2D eigenvalue weighted by Crippen LogP contribution is -2.11. The van der Waals surface area contributed by atoms with Crippen LogP contribution in [-0.2, 0) is 16.0 Å². The largest absolute Gasteiger partial charge is 0.461 e. The summed E-state index contributed by atoms with van der Waals surface area (Å²) in [5, 5.41) is 1.35. The van der Waals surface area contributed by atoms with Gasteiger partial charge in [0.2, 0.25) is 0 Å². The van der Waals surface area contributed by atoms with Gasteiger partial charge in [0.25, 0.3) is 0 Å². The molecule has 0 fully saturated rings. The normalized spacial score (nSPS) is 11.9. The lowest BCUT2D eigenvalue weighted by atomic mass is 10.1. The van der Waals surface area contributed by atoms with Crippen LogP contribution in [0.3, 0.4) is 0 Å². The van der Waals surface area contributed by atoms with Gasteiger partial charge >= 0.3 is 5.97 Å². The quantitative estimate of drug-likeness (QED) is 0.308. The van der Waals surface area contributed by atoms with Crippen molar-refractivity contribution in [1.29, 1.82) is 0 Å². The fourth-order valence-electron chi connectivity index (χ4n) is 2.42. The van der Waals surface area contributed by atoms with Crippen LogP contribution in [0.4, 0.5) is 0 Å². The Morgan fingerprint density at radius 1 is 1.38 bits per heavy atom. The van der Waals surface area contributed by atoms with Gasteiger partial charge in [-0.3, -0.25) is 4.57 Å². The first-order valence-corrected chi connectivity index (χ1v) is 9.95. The molecule has 0 saturated heterocycles. The Balaban J connectivity index is 0.000000749. The Morgan fingerprint density at radius 2 is 2.00 bits per heavy atom. The first-order chi connectivity index (χ1) is 13.8. The molecule has 0 saturated carbocycles. The van der Waals surface area contributed by atoms with Gasteiger partial charge in [0, 0.05) is 17.4 Å². The van der Waals surface area contributed by atoms with E-state index in [1.165, 1.54) is 0 Å². The second-order valence-corrected chi connectivity index (χ2v) is 7.05. The molecule has 1 heterocycles. The van der Waals surface area contributed by atoms with Gasteiger partial charge in [0.05, 0.1) is 23.0 Å². The molecule has 0 radical (unpaired) electrons. The van der Waals surface area contributed by atoms with E-state index in [-0.39, 0.29) is 24.6 Å². The van der Waals surface area contributed by atoms with Crippen molar-refractivity contribution in [3.8, 4) is 5.69 Å². The second-order valence-electron chi connectivity index (χ2n) is 6.04. The molecule has 0 N–H and O–H groups in total. The van der Waals surface area contributed by atoms with Crippen LogP contribution in [0.25, 0.3) is 5.69 Å². The number of carbonyl (C=O) groups is 2. The summed E-state index contributed by atoms with van der Waals surface area (Å²) in [4.78, 5) is 27.9. The minimum atomic E-state index is -0.558. The number of hydrogen-bond donors (Lipinski definition) is 0. The number of para-hydroxylation sites is 1. The number of imidazole rings is 1. The molecule has 1 unspecified atom stereocenters. The van der Waals surface area contributed by atoms with Crippen LogP contribution in [-0.4, -0.2) is 28.4 Å². The van der Waals surface area contributed by atoms with Gasteiger partial charge in [-0.2, -0.15) is 0 Å². The van der Waals surface area contributed by atoms with E-state index >= 15 is 0 Å². The maximum absolute atomic E-state index is 12.3. The molecule has 0 amide bonds. The Kier molecular flexibility index (Phi) is 10.4. The van der Waals surface area contributed by atoms with Gasteiger partial charge in [0.15, 0.2) is 5.69 Å². The van der Waals surface area contributed by atoms with Crippen LogP contribution in [0.1, 0.15) is 55.6 Å². The number of carbonyl (C=O) groups excluding carboxylic acids is 2. The number of aromatic nitrogens is 2. The molecule has 1 aromatic heterocycles. The molecule has 7 heteroatoms. The third-order valence-corrected chi connectivity index (χ3v) is 4.53. The molecule has 156 valence electrons. The van der Waals surface area contributed by atoms with Crippen LogP contribution in [0.2, 0.25) is 5.02 Å². The van der Waals surface area contributed by atoms with Crippen LogP contribution in [0.15, 0.2) is 48.0 Å². The third kappa shape index (κ3) is 6.58. The van der Waals surface area contributed by atoms with E-state index in [2.05, 4.69) is 11.6 Å². The van der Waals surface area contributed by atoms with Crippen molar-refractivity contribution in [2.75, 3.05) is 6.61 Å². The zero-order valence-electron chi connectivity index (χ0n) is 17.1. The standard InChI is InChI=1S/C18H19ClN2O3.C4H7Cl/c1-4-12(3)17-20-16(18(23)24-5-2)15(10-11-22)21(17)14-9-7-6-8-13(14)19;1-3-4(2)5/h4,6-9,11-12H,1,5,10H2,2-3H3;3H,1-2H3/b;4-3+. The maximum atomic E-state index is 12.3. The third-order valence-electron chi connectivity index (χ3n) is 4.00. The fourth-order valence-corrected chi connectivity index (χ4v) is 2.64. The summed E-state index contributed by atoms with van der Waals surface area (Å²) in [6.07, 6.45) is 4.32. The molecule has 0 spiro atoms. The van der Waals surface area contributed by atoms with Crippen molar-refractivity contribution in [3.63, 3.8) is 0 Å². The molecule has 0 aliphatic carbocycles. The lowest BCUT2D eigenvalue weighted by Gasteiger charge is -2.15. The zero-order valence-corrected chi connectivity index (χ0v) is 18.6. The first-order valence-electron chi connectivity index (χ1n) is 9.20. The van der Waals surface area contributed by atoms with E-state index in [0.29, 0.717) is 22.2 Å². The molecule has 2 aromatic rings. The number of hydrogen-bond acceptors (Lipinski definition) is 4. The smallest absolute Gasteiger partial charge is 0.358 e. The van der Waals surface area contributed by atoms with Crippen molar-refractivity contribution < 1.29 is 14.3 Å². The SMILES string of the molecule is C/C=C(\C)Cl.C=CC(C)c1nc(C(=O)OCC)c(CC=O)n1-c1ccccc1Cl. The molecule has 1 atom stereocenters. The zero-order chi connectivity index (χ0) is 22.0. The number of aldehydes is 1. The molecule has 1 aromatic carbocycles. The molecular formula is C22H26Cl2N2O3. The van der Waals surface area contributed by atoms with Gasteiger partial charge < -0.3 is 9.53 Å². The molecule has 0 aliphatic rings. The van der Waals surface area contributed by atoms with E-state index in [0.717, 1.165) is 11.3 Å². The Hall–Kier alpha value is -2.37. The maximum Gasteiger partial charge on any atom is 0.358 e. The summed E-state index contributed by atoms with van der Waals surface area (Å²) in [7, 11) is 0. The highest BCUT2D eigenvalue weighted by molar-refractivity contribution is 6.32. The number of ether oxygens (including phenoxy) is 1. The van der Waals surface area contributed by atoms with E-state index < -0.39 is 5.97 Å². The van der Waals surface area contributed by atoms with Gasteiger partial charge in [-0.25, -0.2) is 9.78 Å². The summed E-state index contributed by atoms with van der Waals surface area (Å²) in [5.74, 6) is -0.120. The van der Waals surface area contributed by atoms with E-state index in [9.17, 15) is 9.59 Å². The summed E-state index contributed by atoms with van der Waals surface area (Å²) in [6, 6.07) is 7.20. The molecule has 0 aliphatic heterocycles. The number of benzene rings is 1. The van der Waals surface area contributed by atoms with E-state index in [1.54, 1.807) is 23.6 Å². The van der Waals surface area contributed by atoms with E-state index in [4.69, 9.17) is 27.9 Å². The average molecular weight is 437 g/mol. The molecule has 2 rings (SSSR count). The van der Waals surface area contributed by atoms with Crippen LogP contribution >= 0.6 is 23.2 Å². The Labute approximate surface area is 182 Å². The van der Waals surface area contributed by atoms with Crippen molar-refractivity contribution in [3.05, 3.63) is 70.3 Å². The van der Waals surface area contributed by atoms with Gasteiger partial charge in [-0.15, -0.1) is 6.58 Å². The van der Waals surface area contributed by atoms with Gasteiger partial charge in [-0.05, 0) is 32.9 Å². The predicted molar refractivity (Wildman–Crippen MR) is 118 cm³/mol. The number of halogens is 2. The average Bonchev–Trinajstić information content (AvgIpc) is 3.08. The summed E-state index contributed by atoms with van der Waals surface area (Å²) >= 11 is 11.6. The second kappa shape index (κ2) is 12.2. The van der Waals surface area contributed by atoms with Crippen molar-refractivity contribution in [2.24, 2.45) is 0 Å². The first kappa shape index (κ1) is 24.7. The highest BCUT2D eigenvalue weighted by Crippen LogP contribution is 2.29. The fraction of sp³-hybridized carbons (Fsp3) is 0.318. The lowest BCUT2D eigenvalue weighted by molar-refractivity contribution is -0.107. The molecular weight excluding hydrogens is 411 g/mol. The Bertz CT molecular complexity index is 884. The predicted octanol–water partition coefficient (Wildman–Crippen LogP) is 5.88. The molecule has 0 bridgehead atoms. The van der Waals surface area contributed by atoms with Crippen LogP contribution < -0.4 is 0 Å². The topological polar surface area (TPSA) is 61.2 Å². The summed E-state index contributed by atoms with van der Waals surface area (Å²) < 4.78 is 6.82. The number of allylic oxidation sites excluding steroid dienone is 3. The van der Waals surface area contributed by atoms with E-state index in [1.807, 2.05) is 45.0 Å². The number of nitrogens with zero attached hydrogens (tertiary/aromatic N) is 2. The number of rotatable bonds is 7.